The molecule has 0 saturated heterocycles. The monoisotopic (exact) mass is 170 g/mol. The first-order valence-electron chi connectivity index (χ1n) is 4.35. The zero-order chi connectivity index (χ0) is 9.72. The van der Waals surface area contributed by atoms with E-state index < -0.39 is 0 Å². The molecule has 70 valence electrons. The van der Waals surface area contributed by atoms with E-state index in [0.717, 1.165) is 11.1 Å². The predicted octanol–water partition coefficient (Wildman–Crippen LogP) is 2.54. The Morgan fingerprint density at radius 2 is 1.83 bits per heavy atom. The van der Waals surface area contributed by atoms with E-state index in [1.807, 2.05) is 20.8 Å². The van der Waals surface area contributed by atoms with Crippen LogP contribution >= 0.6 is 0 Å². The van der Waals surface area contributed by atoms with Gasteiger partial charge in [0.1, 0.15) is 0 Å². The van der Waals surface area contributed by atoms with E-state index in [9.17, 15) is 4.79 Å². The van der Waals surface area contributed by atoms with E-state index in [1.165, 1.54) is 0 Å². The summed E-state index contributed by atoms with van der Waals surface area (Å²) in [5.74, 6) is 0.220. The molecule has 12 heavy (non-hydrogen) atoms. The quantitative estimate of drug-likeness (QED) is 0.480. The minimum absolute atomic E-state index is 0.191. The van der Waals surface area contributed by atoms with Crippen LogP contribution in [0.3, 0.4) is 0 Å². The van der Waals surface area contributed by atoms with E-state index in [-0.39, 0.29) is 5.97 Å². The average Bonchev–Trinajstić information content (AvgIpc) is 2.02. The van der Waals surface area contributed by atoms with Crippen molar-refractivity contribution < 1.29 is 9.53 Å². The Hall–Kier alpha value is -0.790. The van der Waals surface area contributed by atoms with Crippen molar-refractivity contribution in [2.75, 3.05) is 6.61 Å². The molecule has 0 amide bonds. The lowest BCUT2D eigenvalue weighted by atomic mass is 10.0. The normalized spacial score (nSPS) is 12.8. The molecular weight excluding hydrogens is 152 g/mol. The molecule has 0 atom stereocenters. The Labute approximate surface area is 74.6 Å². The van der Waals surface area contributed by atoms with Crippen molar-refractivity contribution >= 4 is 5.97 Å². The molecule has 0 N–H and O–H groups in total. The second-order valence-electron chi connectivity index (χ2n) is 3.18. The lowest BCUT2D eigenvalue weighted by molar-refractivity contribution is -0.138. The Bertz CT molecular complexity index is 190. The van der Waals surface area contributed by atoms with Crippen LogP contribution in [0, 0.1) is 5.92 Å². The van der Waals surface area contributed by atoms with Crippen molar-refractivity contribution in [3.63, 3.8) is 0 Å². The van der Waals surface area contributed by atoms with Gasteiger partial charge in [-0.2, -0.15) is 0 Å². The van der Waals surface area contributed by atoms with Crippen LogP contribution in [-0.4, -0.2) is 12.6 Å². The first-order valence-corrected chi connectivity index (χ1v) is 4.35. The van der Waals surface area contributed by atoms with Crippen molar-refractivity contribution in [1.82, 2.24) is 0 Å². The van der Waals surface area contributed by atoms with Crippen LogP contribution in [0.1, 0.15) is 34.6 Å². The Kier molecular flexibility index (Phi) is 4.64. The van der Waals surface area contributed by atoms with Crippen molar-refractivity contribution in [2.24, 2.45) is 5.92 Å². The maximum absolute atomic E-state index is 11.2. The standard InChI is InChI=1S/C10H18O2/c1-6-12-10(11)9(5)8(4)7(2)3/h7H,6H2,1-5H3. The molecule has 0 radical (unpaired) electrons. The third kappa shape index (κ3) is 3.07. The second-order valence-corrected chi connectivity index (χ2v) is 3.18. The second kappa shape index (κ2) is 4.96. The van der Waals surface area contributed by atoms with Crippen LogP contribution in [-0.2, 0) is 9.53 Å². The van der Waals surface area contributed by atoms with E-state index in [4.69, 9.17) is 4.74 Å². The number of hydrogen-bond acceptors (Lipinski definition) is 2. The lowest BCUT2D eigenvalue weighted by Crippen LogP contribution is -2.08. The van der Waals surface area contributed by atoms with E-state index in [2.05, 4.69) is 13.8 Å². The van der Waals surface area contributed by atoms with Crippen LogP contribution in [0.4, 0.5) is 0 Å². The summed E-state index contributed by atoms with van der Waals surface area (Å²) in [6.45, 7) is 10.2. The van der Waals surface area contributed by atoms with Crippen LogP contribution in [0.5, 0.6) is 0 Å². The number of rotatable bonds is 3. The fourth-order valence-corrected chi connectivity index (χ4v) is 0.833. The highest BCUT2D eigenvalue weighted by Crippen LogP contribution is 2.14. The highest BCUT2D eigenvalue weighted by molar-refractivity contribution is 5.88. The number of hydrogen-bond donors (Lipinski definition) is 0. The molecule has 0 aromatic rings. The molecule has 0 rings (SSSR count). The molecule has 2 nitrogen and oxygen atoms in total. The minimum atomic E-state index is -0.191. The topological polar surface area (TPSA) is 26.3 Å². The molecule has 0 aromatic carbocycles. The molecule has 0 aliphatic carbocycles. The van der Waals surface area contributed by atoms with E-state index >= 15 is 0 Å². The molecule has 0 aromatic heterocycles. The number of allylic oxidation sites excluding steroid dienone is 1. The Balaban J connectivity index is 4.43. The highest BCUT2D eigenvalue weighted by atomic mass is 16.5. The van der Waals surface area contributed by atoms with Gasteiger partial charge in [-0.25, -0.2) is 4.79 Å². The summed E-state index contributed by atoms with van der Waals surface area (Å²) >= 11 is 0. The Morgan fingerprint density at radius 1 is 1.33 bits per heavy atom. The van der Waals surface area contributed by atoms with Gasteiger partial charge in [0.05, 0.1) is 6.61 Å². The summed E-state index contributed by atoms with van der Waals surface area (Å²) in [4.78, 5) is 11.2. The zero-order valence-electron chi connectivity index (χ0n) is 8.60. The first kappa shape index (κ1) is 11.2. The van der Waals surface area contributed by atoms with Gasteiger partial charge in [-0.3, -0.25) is 0 Å². The molecule has 0 aliphatic heterocycles. The largest absolute Gasteiger partial charge is 0.463 e. The van der Waals surface area contributed by atoms with Gasteiger partial charge in [-0.1, -0.05) is 19.4 Å². The molecule has 0 heterocycles. The van der Waals surface area contributed by atoms with Gasteiger partial charge in [-0.05, 0) is 26.7 Å². The molecular formula is C10H18O2. The zero-order valence-corrected chi connectivity index (χ0v) is 8.60. The fourth-order valence-electron chi connectivity index (χ4n) is 0.833. The summed E-state index contributed by atoms with van der Waals surface area (Å²) in [6.07, 6.45) is 0. The van der Waals surface area contributed by atoms with Crippen molar-refractivity contribution in [2.45, 2.75) is 34.6 Å². The van der Waals surface area contributed by atoms with Gasteiger partial charge in [0.15, 0.2) is 0 Å². The van der Waals surface area contributed by atoms with Crippen LogP contribution < -0.4 is 0 Å². The summed E-state index contributed by atoms with van der Waals surface area (Å²) in [5, 5.41) is 0. The van der Waals surface area contributed by atoms with Crippen LogP contribution in [0.25, 0.3) is 0 Å². The molecule has 0 spiro atoms. The summed E-state index contributed by atoms with van der Waals surface area (Å²) < 4.78 is 4.88. The molecule has 0 unspecified atom stereocenters. The number of ether oxygens (including phenoxy) is 1. The summed E-state index contributed by atoms with van der Waals surface area (Å²) in [6, 6.07) is 0. The summed E-state index contributed by atoms with van der Waals surface area (Å²) in [7, 11) is 0. The third-order valence-electron chi connectivity index (χ3n) is 2.04. The maximum atomic E-state index is 11.2. The van der Waals surface area contributed by atoms with Crippen molar-refractivity contribution in [1.29, 1.82) is 0 Å². The molecule has 0 aliphatic rings. The molecule has 0 saturated carbocycles. The van der Waals surface area contributed by atoms with Crippen LogP contribution in [0.15, 0.2) is 11.1 Å². The van der Waals surface area contributed by atoms with Gasteiger partial charge in [0, 0.05) is 5.57 Å². The average molecular weight is 170 g/mol. The van der Waals surface area contributed by atoms with Gasteiger partial charge in [0.25, 0.3) is 0 Å². The Morgan fingerprint density at radius 3 is 2.17 bits per heavy atom. The first-order chi connectivity index (χ1) is 5.50. The SMILES string of the molecule is CCOC(=O)C(C)=C(C)C(C)C. The summed E-state index contributed by atoms with van der Waals surface area (Å²) in [5.41, 5.74) is 1.85. The smallest absolute Gasteiger partial charge is 0.333 e. The predicted molar refractivity (Wildman–Crippen MR) is 49.8 cm³/mol. The van der Waals surface area contributed by atoms with Gasteiger partial charge in [-0.15, -0.1) is 0 Å². The lowest BCUT2D eigenvalue weighted by Gasteiger charge is -2.09. The number of esters is 1. The van der Waals surface area contributed by atoms with Crippen molar-refractivity contribution in [3.05, 3.63) is 11.1 Å². The minimum Gasteiger partial charge on any atom is -0.463 e. The van der Waals surface area contributed by atoms with Gasteiger partial charge in [0.2, 0.25) is 0 Å². The fraction of sp³-hybridized carbons (Fsp3) is 0.700. The van der Waals surface area contributed by atoms with E-state index in [1.54, 1.807) is 0 Å². The van der Waals surface area contributed by atoms with Crippen molar-refractivity contribution in [3.8, 4) is 0 Å². The third-order valence-corrected chi connectivity index (χ3v) is 2.04. The van der Waals surface area contributed by atoms with Gasteiger partial charge < -0.3 is 4.74 Å². The molecule has 2 heteroatoms. The highest BCUT2D eigenvalue weighted by Gasteiger charge is 2.10. The molecule has 0 fully saturated rings. The maximum Gasteiger partial charge on any atom is 0.333 e. The number of carbonyl (C=O) groups excluding carboxylic acids is 1. The molecule has 0 bridgehead atoms. The van der Waals surface area contributed by atoms with Gasteiger partial charge >= 0.3 is 5.97 Å². The van der Waals surface area contributed by atoms with Crippen LogP contribution in [0.2, 0.25) is 0 Å². The van der Waals surface area contributed by atoms with E-state index in [0.29, 0.717) is 12.5 Å². The number of carbonyl (C=O) groups is 1.